The van der Waals surface area contributed by atoms with Crippen LogP contribution in [-0.2, 0) is 6.42 Å². The minimum atomic E-state index is 0.189. The van der Waals surface area contributed by atoms with Crippen LogP contribution in [0.15, 0.2) is 6.07 Å². The summed E-state index contributed by atoms with van der Waals surface area (Å²) in [6.07, 6.45) is 9.99. The van der Waals surface area contributed by atoms with E-state index in [1.807, 2.05) is 0 Å². The highest BCUT2D eigenvalue weighted by Crippen LogP contribution is 2.33. The van der Waals surface area contributed by atoms with Gasteiger partial charge in [0.1, 0.15) is 0 Å². The van der Waals surface area contributed by atoms with Gasteiger partial charge in [-0.25, -0.2) is 0 Å². The fraction of sp³-hybridized carbons (Fsp3) is 0.571. The van der Waals surface area contributed by atoms with Gasteiger partial charge in [-0.15, -0.1) is 6.42 Å². The van der Waals surface area contributed by atoms with E-state index in [9.17, 15) is 0 Å². The molecule has 1 aliphatic carbocycles. The second kappa shape index (κ2) is 4.35. The van der Waals surface area contributed by atoms with Crippen molar-refractivity contribution >= 4 is 0 Å². The quantitative estimate of drug-likeness (QED) is 0.757. The third-order valence-corrected chi connectivity index (χ3v) is 3.59. The van der Waals surface area contributed by atoms with Gasteiger partial charge in [0.25, 0.3) is 0 Å². The summed E-state index contributed by atoms with van der Waals surface area (Å²) in [4.78, 5) is 0. The second-order valence-electron chi connectivity index (χ2n) is 4.65. The van der Waals surface area contributed by atoms with E-state index in [1.165, 1.54) is 23.4 Å². The van der Waals surface area contributed by atoms with Gasteiger partial charge in [-0.1, -0.05) is 12.8 Å². The molecule has 1 heterocycles. The third kappa shape index (κ3) is 1.66. The number of nitrogens with zero attached hydrogens (tertiary/aromatic N) is 1. The molecule has 0 bridgehead atoms. The molecule has 2 atom stereocenters. The summed E-state index contributed by atoms with van der Waals surface area (Å²) in [7, 11) is 0. The van der Waals surface area contributed by atoms with Gasteiger partial charge < -0.3 is 10.3 Å². The average Bonchev–Trinajstić information content (AvgIpc) is 2.60. The number of fused-ring (bicyclic) bond motifs is 1. The van der Waals surface area contributed by atoms with Crippen LogP contribution < -0.4 is 5.73 Å². The zero-order valence-electron chi connectivity index (χ0n) is 10.2. The van der Waals surface area contributed by atoms with Gasteiger partial charge in [0.2, 0.25) is 0 Å². The maximum absolute atomic E-state index is 6.15. The Morgan fingerprint density at radius 2 is 2.44 bits per heavy atom. The van der Waals surface area contributed by atoms with Gasteiger partial charge >= 0.3 is 0 Å². The van der Waals surface area contributed by atoms with Crippen LogP contribution >= 0.6 is 0 Å². The minimum Gasteiger partial charge on any atom is -0.334 e. The lowest BCUT2D eigenvalue weighted by molar-refractivity contribution is 0.512. The Labute approximate surface area is 97.8 Å². The van der Waals surface area contributed by atoms with E-state index in [0.29, 0.717) is 0 Å². The van der Waals surface area contributed by atoms with Crippen molar-refractivity contribution in [2.75, 3.05) is 0 Å². The van der Waals surface area contributed by atoms with Crippen molar-refractivity contribution in [3.8, 4) is 12.3 Å². The molecule has 1 aromatic heterocycles. The molecule has 0 saturated carbocycles. The Kier molecular flexibility index (Phi) is 3.07. The SMILES string of the molecule is C#CC(CC)n1c(C)cc2c1CCCC2N. The number of rotatable bonds is 2. The van der Waals surface area contributed by atoms with Gasteiger partial charge in [-0.2, -0.15) is 0 Å². The highest BCUT2D eigenvalue weighted by atomic mass is 15.0. The molecule has 0 spiro atoms. The molecule has 1 aliphatic rings. The van der Waals surface area contributed by atoms with E-state index in [1.54, 1.807) is 0 Å². The van der Waals surface area contributed by atoms with E-state index in [0.717, 1.165) is 19.3 Å². The summed E-state index contributed by atoms with van der Waals surface area (Å²) in [5.41, 5.74) is 10.1. The Morgan fingerprint density at radius 3 is 3.06 bits per heavy atom. The summed E-state index contributed by atoms with van der Waals surface area (Å²) >= 11 is 0. The number of hydrogen-bond donors (Lipinski definition) is 1. The first-order chi connectivity index (χ1) is 7.69. The van der Waals surface area contributed by atoms with Crippen molar-refractivity contribution in [2.45, 2.75) is 51.6 Å². The summed E-state index contributed by atoms with van der Waals surface area (Å²) in [5, 5.41) is 0. The van der Waals surface area contributed by atoms with Crippen molar-refractivity contribution in [1.29, 1.82) is 0 Å². The molecule has 0 radical (unpaired) electrons. The fourth-order valence-electron chi connectivity index (χ4n) is 2.77. The molecule has 2 heteroatoms. The largest absolute Gasteiger partial charge is 0.334 e. The Balaban J connectivity index is 2.50. The molecule has 1 aromatic rings. The number of aromatic nitrogens is 1. The van der Waals surface area contributed by atoms with Gasteiger partial charge in [-0.3, -0.25) is 0 Å². The van der Waals surface area contributed by atoms with Crippen molar-refractivity contribution in [1.82, 2.24) is 4.57 Å². The van der Waals surface area contributed by atoms with E-state index in [2.05, 4.69) is 30.4 Å². The molecular formula is C14H20N2. The smallest absolute Gasteiger partial charge is 0.0940 e. The van der Waals surface area contributed by atoms with Crippen LogP contribution in [0, 0.1) is 19.3 Å². The normalized spacial score (nSPS) is 21.2. The third-order valence-electron chi connectivity index (χ3n) is 3.59. The summed E-state index contributed by atoms with van der Waals surface area (Å²) in [6, 6.07) is 2.62. The molecule has 2 nitrogen and oxygen atoms in total. The topological polar surface area (TPSA) is 30.9 Å². The van der Waals surface area contributed by atoms with E-state index in [4.69, 9.17) is 12.2 Å². The second-order valence-corrected chi connectivity index (χ2v) is 4.65. The maximum Gasteiger partial charge on any atom is 0.0940 e. The first-order valence-corrected chi connectivity index (χ1v) is 6.11. The van der Waals surface area contributed by atoms with Gasteiger partial charge in [0.15, 0.2) is 0 Å². The summed E-state index contributed by atoms with van der Waals surface area (Å²) in [6.45, 7) is 4.27. The van der Waals surface area contributed by atoms with Gasteiger partial charge in [0, 0.05) is 17.4 Å². The zero-order chi connectivity index (χ0) is 11.7. The highest BCUT2D eigenvalue weighted by Gasteiger charge is 2.24. The Hall–Kier alpha value is -1.20. The van der Waals surface area contributed by atoms with Crippen LogP contribution in [0.4, 0.5) is 0 Å². The van der Waals surface area contributed by atoms with Crippen LogP contribution in [0.2, 0.25) is 0 Å². The van der Waals surface area contributed by atoms with Crippen LogP contribution in [-0.4, -0.2) is 4.57 Å². The monoisotopic (exact) mass is 216 g/mol. The lowest BCUT2D eigenvalue weighted by Gasteiger charge is -2.23. The van der Waals surface area contributed by atoms with Crippen LogP contribution in [0.1, 0.15) is 55.2 Å². The van der Waals surface area contributed by atoms with Crippen molar-refractivity contribution < 1.29 is 0 Å². The molecule has 0 amide bonds. The van der Waals surface area contributed by atoms with E-state index in [-0.39, 0.29) is 12.1 Å². The van der Waals surface area contributed by atoms with E-state index >= 15 is 0 Å². The van der Waals surface area contributed by atoms with Gasteiger partial charge in [-0.05, 0) is 44.2 Å². The van der Waals surface area contributed by atoms with Crippen LogP contribution in [0.25, 0.3) is 0 Å². The molecule has 86 valence electrons. The molecule has 2 rings (SSSR count). The molecule has 0 aliphatic heterocycles. The summed E-state index contributed by atoms with van der Waals surface area (Å²) in [5.74, 6) is 2.88. The molecule has 16 heavy (non-hydrogen) atoms. The molecule has 2 N–H and O–H groups in total. The number of aryl methyl sites for hydroxylation is 1. The van der Waals surface area contributed by atoms with Crippen molar-refractivity contribution in [3.63, 3.8) is 0 Å². The molecular weight excluding hydrogens is 196 g/mol. The first-order valence-electron chi connectivity index (χ1n) is 6.11. The molecule has 0 aromatic carbocycles. The Morgan fingerprint density at radius 1 is 1.69 bits per heavy atom. The van der Waals surface area contributed by atoms with Crippen LogP contribution in [0.5, 0.6) is 0 Å². The molecule has 2 unspecified atom stereocenters. The molecule has 0 saturated heterocycles. The Bertz CT molecular complexity index is 423. The predicted molar refractivity (Wildman–Crippen MR) is 67.2 cm³/mol. The zero-order valence-corrected chi connectivity index (χ0v) is 10.2. The maximum atomic E-state index is 6.15. The number of terminal acetylenes is 1. The number of hydrogen-bond acceptors (Lipinski definition) is 1. The standard InChI is InChI=1S/C14H20N2/c1-4-11(5-2)16-10(3)9-12-13(15)7-6-8-14(12)16/h1,9,11,13H,5-8,15H2,2-3H3. The average molecular weight is 216 g/mol. The van der Waals surface area contributed by atoms with Gasteiger partial charge in [0.05, 0.1) is 6.04 Å². The predicted octanol–water partition coefficient (Wildman–Crippen LogP) is 2.72. The molecule has 0 fully saturated rings. The number of nitrogens with two attached hydrogens (primary N) is 1. The lowest BCUT2D eigenvalue weighted by atomic mass is 9.93. The van der Waals surface area contributed by atoms with Crippen LogP contribution in [0.3, 0.4) is 0 Å². The summed E-state index contributed by atoms with van der Waals surface area (Å²) < 4.78 is 2.31. The minimum absolute atomic E-state index is 0.189. The van der Waals surface area contributed by atoms with Crippen molar-refractivity contribution in [2.24, 2.45) is 5.73 Å². The van der Waals surface area contributed by atoms with E-state index < -0.39 is 0 Å². The highest BCUT2D eigenvalue weighted by molar-refractivity contribution is 5.34. The van der Waals surface area contributed by atoms with Crippen molar-refractivity contribution in [3.05, 3.63) is 23.0 Å². The first kappa shape index (κ1) is 11.3. The lowest BCUT2D eigenvalue weighted by Crippen LogP contribution is -2.19. The fourth-order valence-corrected chi connectivity index (χ4v) is 2.77.